The summed E-state index contributed by atoms with van der Waals surface area (Å²) in [6.45, 7) is -0.550. The van der Waals surface area contributed by atoms with E-state index in [0.717, 1.165) is 0 Å². The van der Waals surface area contributed by atoms with E-state index in [2.05, 4.69) is 0 Å². The van der Waals surface area contributed by atoms with E-state index in [-0.39, 0.29) is 18.0 Å². The Morgan fingerprint density at radius 2 is 1.92 bits per heavy atom. The van der Waals surface area contributed by atoms with Crippen LogP contribution in [-0.4, -0.2) is 68.6 Å². The number of aliphatic hydroxyl groups excluding tert-OH is 4. The van der Waals surface area contributed by atoms with Crippen LogP contribution < -0.4 is 0 Å². The molecule has 0 aromatic heterocycles. The fraction of sp³-hybridized carbons (Fsp3) is 0.562. The van der Waals surface area contributed by atoms with E-state index in [4.69, 9.17) is 9.47 Å². The van der Waals surface area contributed by atoms with Crippen molar-refractivity contribution in [3.63, 3.8) is 0 Å². The summed E-state index contributed by atoms with van der Waals surface area (Å²) in [5.41, 5.74) is 0.900. The van der Waals surface area contributed by atoms with Gasteiger partial charge in [0.2, 0.25) is 0 Å². The monoisotopic (exact) mass is 340 g/mol. The van der Waals surface area contributed by atoms with Gasteiger partial charge in [-0.3, -0.25) is 4.79 Å². The van der Waals surface area contributed by atoms with E-state index < -0.39 is 43.4 Å². The smallest absolute Gasteiger partial charge is 0.187 e. The predicted molar refractivity (Wildman–Crippen MR) is 79.3 cm³/mol. The first kappa shape index (κ1) is 17.3. The normalized spacial score (nSPS) is 36.4. The molecule has 0 amide bonds. The van der Waals surface area contributed by atoms with Gasteiger partial charge in [-0.2, -0.15) is 0 Å². The molecule has 24 heavy (non-hydrogen) atoms. The minimum absolute atomic E-state index is 0.0224. The number of aliphatic hydroxyl groups is 4. The molecule has 0 saturated carbocycles. The highest BCUT2D eigenvalue weighted by Gasteiger charge is 2.45. The van der Waals surface area contributed by atoms with Gasteiger partial charge < -0.3 is 35.0 Å². The summed E-state index contributed by atoms with van der Waals surface area (Å²) in [7, 11) is 0. The number of carbonyl (C=O) groups excluding carboxylic acids is 1. The summed E-state index contributed by atoms with van der Waals surface area (Å²) in [5, 5.41) is 48.5. The molecule has 6 atom stereocenters. The number of benzene rings is 1. The van der Waals surface area contributed by atoms with Crippen molar-refractivity contribution in [1.82, 2.24) is 0 Å². The molecule has 1 heterocycles. The number of ketones is 1. The molecule has 1 saturated heterocycles. The van der Waals surface area contributed by atoms with E-state index in [9.17, 15) is 30.3 Å². The maximum Gasteiger partial charge on any atom is 0.187 e. The summed E-state index contributed by atoms with van der Waals surface area (Å²) in [6.07, 6.45) is -6.93. The number of fused-ring (bicyclic) bond motifs is 1. The molecule has 8 heteroatoms. The van der Waals surface area contributed by atoms with Crippen LogP contribution in [0.4, 0.5) is 0 Å². The van der Waals surface area contributed by atoms with Crippen LogP contribution in [0, 0.1) is 0 Å². The van der Waals surface area contributed by atoms with Crippen LogP contribution in [-0.2, 0) is 9.47 Å². The van der Waals surface area contributed by atoms with E-state index in [1.165, 1.54) is 18.2 Å². The van der Waals surface area contributed by atoms with E-state index in [1.807, 2.05) is 0 Å². The molecule has 0 bridgehead atoms. The van der Waals surface area contributed by atoms with Crippen molar-refractivity contribution in [3.8, 4) is 5.75 Å². The zero-order valence-corrected chi connectivity index (χ0v) is 12.8. The minimum Gasteiger partial charge on any atom is -0.508 e. The van der Waals surface area contributed by atoms with Crippen molar-refractivity contribution in [1.29, 1.82) is 0 Å². The van der Waals surface area contributed by atoms with Crippen LogP contribution >= 0.6 is 0 Å². The fourth-order valence-corrected chi connectivity index (χ4v) is 3.11. The third kappa shape index (κ3) is 3.04. The van der Waals surface area contributed by atoms with Crippen molar-refractivity contribution >= 4 is 5.78 Å². The first-order chi connectivity index (χ1) is 11.4. The number of ether oxygens (including phenoxy) is 2. The standard InChI is InChI=1S/C16H20O8/c17-6-12-13(20)14(21)15(22)16(24-12)23-11-4-3-10(19)8-2-1-7(18)5-9(8)11/h1-2,5,11-18,20-22H,3-4,6H2. The molecule has 1 aromatic rings. The lowest BCUT2D eigenvalue weighted by Gasteiger charge is -2.41. The van der Waals surface area contributed by atoms with Gasteiger partial charge >= 0.3 is 0 Å². The number of rotatable bonds is 3. The Morgan fingerprint density at radius 3 is 2.62 bits per heavy atom. The third-order valence-electron chi connectivity index (χ3n) is 4.46. The van der Waals surface area contributed by atoms with Crippen molar-refractivity contribution < 1.29 is 39.8 Å². The van der Waals surface area contributed by atoms with Crippen LogP contribution in [0.1, 0.15) is 34.9 Å². The Morgan fingerprint density at radius 1 is 1.17 bits per heavy atom. The SMILES string of the molecule is O=C1CCC(OC2OC(CO)C(O)C(O)C2O)c2cc(O)ccc21. The Kier molecular flexibility index (Phi) is 4.86. The molecule has 8 nitrogen and oxygen atoms in total. The Hall–Kier alpha value is -1.55. The third-order valence-corrected chi connectivity index (χ3v) is 4.46. The predicted octanol–water partition coefficient (Wildman–Crippen LogP) is -0.774. The van der Waals surface area contributed by atoms with Gasteiger partial charge in [0.15, 0.2) is 12.1 Å². The van der Waals surface area contributed by atoms with Crippen LogP contribution in [0.3, 0.4) is 0 Å². The quantitative estimate of drug-likeness (QED) is 0.484. The molecule has 132 valence electrons. The molecule has 3 rings (SSSR count). The molecule has 2 aliphatic rings. The average Bonchev–Trinajstić information content (AvgIpc) is 2.57. The van der Waals surface area contributed by atoms with E-state index in [1.54, 1.807) is 0 Å². The van der Waals surface area contributed by atoms with Crippen molar-refractivity contribution in [2.24, 2.45) is 0 Å². The number of hydrogen-bond donors (Lipinski definition) is 5. The van der Waals surface area contributed by atoms with E-state index >= 15 is 0 Å². The first-order valence-electron chi connectivity index (χ1n) is 7.74. The summed E-state index contributed by atoms with van der Waals surface area (Å²) < 4.78 is 11.0. The molecular formula is C16H20O8. The van der Waals surface area contributed by atoms with Gasteiger partial charge in [0, 0.05) is 12.0 Å². The van der Waals surface area contributed by atoms with Gasteiger partial charge in [-0.25, -0.2) is 0 Å². The number of hydrogen-bond acceptors (Lipinski definition) is 8. The van der Waals surface area contributed by atoms with Crippen LogP contribution in [0.15, 0.2) is 18.2 Å². The molecular weight excluding hydrogens is 320 g/mol. The largest absolute Gasteiger partial charge is 0.508 e. The molecule has 5 N–H and O–H groups in total. The maximum atomic E-state index is 12.0. The summed E-state index contributed by atoms with van der Waals surface area (Å²) in [4.78, 5) is 12.0. The van der Waals surface area contributed by atoms with Crippen LogP contribution in [0.2, 0.25) is 0 Å². The van der Waals surface area contributed by atoms with Crippen LogP contribution in [0.25, 0.3) is 0 Å². The van der Waals surface area contributed by atoms with Gasteiger partial charge in [-0.15, -0.1) is 0 Å². The Balaban J connectivity index is 1.82. The number of aromatic hydroxyl groups is 1. The zero-order valence-electron chi connectivity index (χ0n) is 12.8. The van der Waals surface area contributed by atoms with E-state index in [0.29, 0.717) is 17.5 Å². The van der Waals surface area contributed by atoms with Crippen LogP contribution in [0.5, 0.6) is 5.75 Å². The lowest BCUT2D eigenvalue weighted by molar-refractivity contribution is -0.313. The minimum atomic E-state index is -1.53. The number of phenols is 1. The second kappa shape index (κ2) is 6.75. The van der Waals surface area contributed by atoms with Gasteiger partial charge in [0.05, 0.1) is 12.7 Å². The molecule has 1 aromatic carbocycles. The summed E-state index contributed by atoms with van der Waals surface area (Å²) in [5.74, 6) is -0.0931. The number of phenolic OH excluding ortho intramolecular Hbond substituents is 1. The molecule has 6 unspecified atom stereocenters. The fourth-order valence-electron chi connectivity index (χ4n) is 3.11. The second-order valence-electron chi connectivity index (χ2n) is 6.06. The van der Waals surface area contributed by atoms with Crippen molar-refractivity contribution in [3.05, 3.63) is 29.3 Å². The summed E-state index contributed by atoms with van der Waals surface area (Å²) in [6, 6.07) is 4.34. The Bertz CT molecular complexity index is 616. The van der Waals surface area contributed by atoms with Crippen molar-refractivity contribution in [2.45, 2.75) is 49.7 Å². The lowest BCUT2D eigenvalue weighted by atomic mass is 9.88. The van der Waals surface area contributed by atoms with Gasteiger partial charge in [-0.1, -0.05) is 0 Å². The topological polar surface area (TPSA) is 137 Å². The second-order valence-corrected chi connectivity index (χ2v) is 6.06. The number of carbonyl (C=O) groups is 1. The van der Waals surface area contributed by atoms with Gasteiger partial charge in [-0.05, 0) is 30.2 Å². The highest BCUT2D eigenvalue weighted by Crippen LogP contribution is 2.37. The summed E-state index contributed by atoms with van der Waals surface area (Å²) >= 11 is 0. The lowest BCUT2D eigenvalue weighted by Crippen LogP contribution is -2.59. The van der Waals surface area contributed by atoms with Crippen molar-refractivity contribution in [2.75, 3.05) is 6.61 Å². The molecule has 1 fully saturated rings. The molecule has 0 spiro atoms. The zero-order chi connectivity index (χ0) is 17.4. The average molecular weight is 340 g/mol. The molecule has 0 radical (unpaired) electrons. The van der Waals surface area contributed by atoms with Gasteiger partial charge in [0.1, 0.15) is 30.2 Å². The maximum absolute atomic E-state index is 12.0. The highest BCUT2D eigenvalue weighted by atomic mass is 16.7. The molecule has 1 aliphatic carbocycles. The highest BCUT2D eigenvalue weighted by molar-refractivity contribution is 5.98. The van der Waals surface area contributed by atoms with Gasteiger partial charge in [0.25, 0.3) is 0 Å². The first-order valence-corrected chi connectivity index (χ1v) is 7.74. The number of Topliss-reactive ketones (excluding diaryl/α,β-unsaturated/α-hetero) is 1. The Labute approximate surface area is 137 Å². The molecule has 1 aliphatic heterocycles.